The number of hydrogen-bond donors (Lipinski definition) is 1. The fourth-order valence-electron chi connectivity index (χ4n) is 0.382. The first kappa shape index (κ1) is 10.4. The minimum Gasteiger partial charge on any atom is -0.354 e. The molecule has 0 rings (SSSR count). The Morgan fingerprint density at radius 3 is 2.30 bits per heavy atom. The van der Waals surface area contributed by atoms with Gasteiger partial charge in [-0.1, -0.05) is 45.7 Å². The summed E-state index contributed by atoms with van der Waals surface area (Å²) >= 11 is 6.19. The maximum atomic E-state index is 10.8. The van der Waals surface area contributed by atoms with Gasteiger partial charge in [0.2, 0.25) is 5.91 Å². The third-order valence-corrected chi connectivity index (χ3v) is 1.71. The molecule has 0 aliphatic carbocycles. The van der Waals surface area contributed by atoms with Gasteiger partial charge in [-0.15, -0.1) is 0 Å². The van der Waals surface area contributed by atoms with E-state index >= 15 is 0 Å². The van der Waals surface area contributed by atoms with E-state index in [0.29, 0.717) is 5.92 Å². The van der Waals surface area contributed by atoms with E-state index in [1.54, 1.807) is 0 Å². The molecule has 0 atom stereocenters. The van der Waals surface area contributed by atoms with Gasteiger partial charge in [-0.25, -0.2) is 0 Å². The van der Waals surface area contributed by atoms with Crippen molar-refractivity contribution in [2.75, 3.05) is 6.54 Å². The first-order valence-electron chi connectivity index (χ1n) is 3.10. The molecular weight excluding hydrogens is 262 g/mol. The molecule has 0 heterocycles. The predicted octanol–water partition coefficient (Wildman–Crippen LogP) is 1.87. The number of rotatable bonds is 3. The number of halogens is 2. The van der Waals surface area contributed by atoms with Gasteiger partial charge < -0.3 is 5.32 Å². The van der Waals surface area contributed by atoms with Crippen molar-refractivity contribution in [1.82, 2.24) is 5.32 Å². The smallest absolute Gasteiger partial charge is 0.244 e. The minimum absolute atomic E-state index is 0.0197. The lowest BCUT2D eigenvalue weighted by Gasteiger charge is -2.07. The summed E-state index contributed by atoms with van der Waals surface area (Å²) in [5.74, 6) is 0.483. The zero-order valence-electron chi connectivity index (χ0n) is 6.03. The van der Waals surface area contributed by atoms with E-state index in [1.807, 2.05) is 0 Å². The molecule has 0 aromatic heterocycles. The van der Waals surface area contributed by atoms with Crippen LogP contribution in [0.25, 0.3) is 0 Å². The molecule has 10 heavy (non-hydrogen) atoms. The maximum absolute atomic E-state index is 10.8. The molecule has 1 amide bonds. The van der Waals surface area contributed by atoms with Crippen molar-refractivity contribution in [3.8, 4) is 0 Å². The molecule has 1 N–H and O–H groups in total. The number of alkyl halides is 2. The van der Waals surface area contributed by atoms with Gasteiger partial charge in [-0.3, -0.25) is 4.79 Å². The van der Waals surface area contributed by atoms with Gasteiger partial charge >= 0.3 is 0 Å². The Kier molecular flexibility index (Phi) is 5.35. The first-order chi connectivity index (χ1) is 4.54. The second-order valence-electron chi connectivity index (χ2n) is 2.44. The van der Waals surface area contributed by atoms with E-state index in [0.717, 1.165) is 6.54 Å². The van der Waals surface area contributed by atoms with Crippen LogP contribution in [0.5, 0.6) is 0 Å². The number of amides is 1. The summed E-state index contributed by atoms with van der Waals surface area (Å²) in [7, 11) is 0. The third kappa shape index (κ3) is 5.23. The highest BCUT2D eigenvalue weighted by atomic mass is 79.9. The molecule has 0 aromatic carbocycles. The Morgan fingerprint density at radius 1 is 1.50 bits per heavy atom. The van der Waals surface area contributed by atoms with E-state index in [9.17, 15) is 4.79 Å². The van der Waals surface area contributed by atoms with Crippen LogP contribution in [0.2, 0.25) is 0 Å². The fourth-order valence-corrected chi connectivity index (χ4v) is 0.706. The van der Waals surface area contributed by atoms with Crippen molar-refractivity contribution in [2.45, 2.75) is 17.6 Å². The molecule has 0 bridgehead atoms. The van der Waals surface area contributed by atoms with Crippen LogP contribution in [0.4, 0.5) is 0 Å². The maximum Gasteiger partial charge on any atom is 0.244 e. The van der Waals surface area contributed by atoms with Gasteiger partial charge in [0.15, 0.2) is 0 Å². The van der Waals surface area contributed by atoms with Gasteiger partial charge in [-0.05, 0) is 5.92 Å². The minimum atomic E-state index is -0.265. The molecule has 0 saturated carbocycles. The number of hydrogen-bond acceptors (Lipinski definition) is 1. The Morgan fingerprint density at radius 2 is 2.00 bits per heavy atom. The van der Waals surface area contributed by atoms with Crippen LogP contribution in [-0.2, 0) is 4.79 Å². The zero-order chi connectivity index (χ0) is 8.15. The molecule has 0 radical (unpaired) electrons. The number of carbonyl (C=O) groups excluding carboxylic acids is 1. The van der Waals surface area contributed by atoms with Gasteiger partial charge in [-0.2, -0.15) is 0 Å². The average Bonchev–Trinajstić information content (AvgIpc) is 1.82. The molecular formula is C6H11Br2NO. The summed E-state index contributed by atoms with van der Waals surface area (Å²) < 4.78 is -0.265. The molecule has 0 spiro atoms. The first-order valence-corrected chi connectivity index (χ1v) is 4.93. The molecule has 2 nitrogen and oxygen atoms in total. The Balaban J connectivity index is 3.40. The Hall–Kier alpha value is 0.430. The predicted molar refractivity (Wildman–Crippen MR) is 49.5 cm³/mol. The molecule has 4 heteroatoms. The molecule has 60 valence electrons. The van der Waals surface area contributed by atoms with Gasteiger partial charge in [0, 0.05) is 6.54 Å². The summed E-state index contributed by atoms with van der Waals surface area (Å²) in [4.78, 5) is 10.8. The molecule has 0 aromatic rings. The Labute approximate surface area is 78.0 Å². The van der Waals surface area contributed by atoms with Gasteiger partial charge in [0.25, 0.3) is 0 Å². The van der Waals surface area contributed by atoms with E-state index in [4.69, 9.17) is 0 Å². The summed E-state index contributed by atoms with van der Waals surface area (Å²) in [5, 5.41) is 2.75. The molecule has 0 saturated heterocycles. The van der Waals surface area contributed by atoms with Crippen molar-refractivity contribution < 1.29 is 4.79 Å². The Bertz CT molecular complexity index is 114. The molecule has 0 fully saturated rings. The molecule has 0 aliphatic rings. The van der Waals surface area contributed by atoms with Crippen molar-refractivity contribution >= 4 is 37.8 Å². The lowest BCUT2D eigenvalue weighted by atomic mass is 10.2. The third-order valence-electron chi connectivity index (χ3n) is 0.883. The van der Waals surface area contributed by atoms with Crippen LogP contribution in [0.3, 0.4) is 0 Å². The normalized spacial score (nSPS) is 10.6. The lowest BCUT2D eigenvalue weighted by molar-refractivity contribution is -0.119. The van der Waals surface area contributed by atoms with E-state index in [-0.39, 0.29) is 9.64 Å². The van der Waals surface area contributed by atoms with Crippen molar-refractivity contribution in [1.29, 1.82) is 0 Å². The van der Waals surface area contributed by atoms with E-state index < -0.39 is 0 Å². The standard InChI is InChI=1S/C6H11Br2NO/c1-4(2)3-9-6(10)5(7)8/h4-5H,3H2,1-2H3,(H,9,10). The highest BCUT2D eigenvalue weighted by Gasteiger charge is 2.08. The summed E-state index contributed by atoms with van der Waals surface area (Å²) in [6.45, 7) is 4.84. The monoisotopic (exact) mass is 271 g/mol. The SMILES string of the molecule is CC(C)CNC(=O)C(Br)Br. The second kappa shape index (κ2) is 5.13. The summed E-state index contributed by atoms with van der Waals surface area (Å²) in [6, 6.07) is 0. The van der Waals surface area contributed by atoms with E-state index in [1.165, 1.54) is 0 Å². The van der Waals surface area contributed by atoms with Crippen LogP contribution in [0.1, 0.15) is 13.8 Å². The van der Waals surface area contributed by atoms with Crippen LogP contribution in [0, 0.1) is 5.92 Å². The van der Waals surface area contributed by atoms with Crippen molar-refractivity contribution in [3.63, 3.8) is 0 Å². The van der Waals surface area contributed by atoms with Crippen LogP contribution in [-0.4, -0.2) is 16.2 Å². The topological polar surface area (TPSA) is 29.1 Å². The fraction of sp³-hybridized carbons (Fsp3) is 0.833. The summed E-state index contributed by atoms with van der Waals surface area (Å²) in [5.41, 5.74) is 0. The summed E-state index contributed by atoms with van der Waals surface area (Å²) in [6.07, 6.45) is 0. The van der Waals surface area contributed by atoms with Crippen molar-refractivity contribution in [3.05, 3.63) is 0 Å². The number of carbonyl (C=O) groups is 1. The van der Waals surface area contributed by atoms with Gasteiger partial charge in [0.1, 0.15) is 3.74 Å². The van der Waals surface area contributed by atoms with Crippen LogP contribution >= 0.6 is 31.9 Å². The van der Waals surface area contributed by atoms with Crippen LogP contribution < -0.4 is 5.32 Å². The van der Waals surface area contributed by atoms with E-state index in [2.05, 4.69) is 51.0 Å². The second-order valence-corrected chi connectivity index (χ2v) is 5.50. The molecule has 0 unspecified atom stereocenters. The van der Waals surface area contributed by atoms with Crippen LogP contribution in [0.15, 0.2) is 0 Å². The quantitative estimate of drug-likeness (QED) is 0.781. The molecule has 0 aliphatic heterocycles. The lowest BCUT2D eigenvalue weighted by Crippen LogP contribution is -2.31. The highest BCUT2D eigenvalue weighted by Crippen LogP contribution is 2.07. The number of nitrogens with one attached hydrogen (secondary N) is 1. The van der Waals surface area contributed by atoms with Gasteiger partial charge in [0.05, 0.1) is 0 Å². The van der Waals surface area contributed by atoms with Crippen molar-refractivity contribution in [2.24, 2.45) is 5.92 Å². The largest absolute Gasteiger partial charge is 0.354 e. The average molecular weight is 273 g/mol. The highest BCUT2D eigenvalue weighted by molar-refractivity contribution is 9.25. The zero-order valence-corrected chi connectivity index (χ0v) is 9.20.